The van der Waals surface area contributed by atoms with Crippen LogP contribution in [-0.2, 0) is 4.79 Å². The van der Waals surface area contributed by atoms with Crippen molar-refractivity contribution in [3.63, 3.8) is 0 Å². The number of halogens is 1. The number of nitrogens with one attached hydrogen (secondary N) is 1. The Morgan fingerprint density at radius 3 is 2.37 bits per heavy atom. The largest absolute Gasteiger partial charge is 0.355 e. The molecule has 6 heteroatoms. The van der Waals surface area contributed by atoms with Gasteiger partial charge >= 0.3 is 0 Å². The van der Waals surface area contributed by atoms with Crippen LogP contribution in [0.5, 0.6) is 0 Å². The summed E-state index contributed by atoms with van der Waals surface area (Å²) in [4.78, 5) is 22.1. The predicted octanol–water partition coefficient (Wildman–Crippen LogP) is 6.41. The Bertz CT molecular complexity index is 981. The third-order valence-electron chi connectivity index (χ3n) is 5.00. The number of hydrogen-bond acceptors (Lipinski definition) is 4. The molecular formula is C24H28ClN3OS. The lowest BCUT2D eigenvalue weighted by Crippen LogP contribution is -2.27. The van der Waals surface area contributed by atoms with Crippen molar-refractivity contribution in [3.8, 4) is 0 Å². The van der Waals surface area contributed by atoms with Gasteiger partial charge in [-0.1, -0.05) is 37.6 Å². The fraction of sp³-hybridized carbons (Fsp3) is 0.375. The Labute approximate surface area is 188 Å². The Balaban J connectivity index is 1.83. The number of carbonyl (C=O) groups is 1. The van der Waals surface area contributed by atoms with Crippen LogP contribution < -0.4 is 5.32 Å². The predicted molar refractivity (Wildman–Crippen MR) is 130 cm³/mol. The third kappa shape index (κ3) is 6.19. The molecule has 1 heterocycles. The second kappa shape index (κ2) is 10.3. The highest BCUT2D eigenvalue weighted by Crippen LogP contribution is 2.36. The lowest BCUT2D eigenvalue weighted by Gasteiger charge is -2.09. The van der Waals surface area contributed by atoms with Crippen molar-refractivity contribution in [2.75, 3.05) is 12.3 Å². The van der Waals surface area contributed by atoms with Crippen LogP contribution in [0, 0.1) is 19.8 Å². The summed E-state index contributed by atoms with van der Waals surface area (Å²) in [6.07, 6.45) is 1.56. The second-order valence-corrected chi connectivity index (χ2v) is 9.48. The minimum atomic E-state index is 0.0397. The summed E-state index contributed by atoms with van der Waals surface area (Å²) in [5, 5.41) is 4.58. The van der Waals surface area contributed by atoms with Crippen LogP contribution in [0.3, 0.4) is 0 Å². The van der Waals surface area contributed by atoms with Crippen LogP contribution in [-0.4, -0.2) is 29.0 Å². The third-order valence-corrected chi connectivity index (χ3v) is 6.23. The van der Waals surface area contributed by atoms with E-state index in [1.165, 1.54) is 22.9 Å². The first-order chi connectivity index (χ1) is 14.3. The summed E-state index contributed by atoms with van der Waals surface area (Å²) in [5.74, 6) is 0.966. The van der Waals surface area contributed by atoms with E-state index in [4.69, 9.17) is 21.6 Å². The van der Waals surface area contributed by atoms with Gasteiger partial charge in [0.1, 0.15) is 0 Å². The summed E-state index contributed by atoms with van der Waals surface area (Å²) in [6, 6.07) is 11.9. The van der Waals surface area contributed by atoms with E-state index >= 15 is 0 Å². The summed E-state index contributed by atoms with van der Waals surface area (Å²) >= 11 is 7.55. The lowest BCUT2D eigenvalue weighted by molar-refractivity contribution is -0.118. The van der Waals surface area contributed by atoms with E-state index in [1.807, 2.05) is 24.3 Å². The first-order valence-corrected chi connectivity index (χ1v) is 11.6. The monoisotopic (exact) mass is 441 g/mol. The van der Waals surface area contributed by atoms with Gasteiger partial charge in [-0.25, -0.2) is 4.99 Å². The minimum Gasteiger partial charge on any atom is -0.355 e. The molecule has 2 aromatic carbocycles. The lowest BCUT2D eigenvalue weighted by atomic mass is 10.1. The fourth-order valence-corrected chi connectivity index (χ4v) is 3.99. The topological polar surface area (TPSA) is 53.8 Å². The molecule has 0 atom stereocenters. The average Bonchev–Trinajstić information content (AvgIpc) is 2.86. The number of amides is 1. The SMILES string of the molecule is Cc1cc2c(cc1C)N=C(c1ccc(Cl)cc1)CC(SCC(=O)NCCC(C)C)=N2. The number of aryl methyl sites for hydroxylation is 2. The number of benzene rings is 2. The van der Waals surface area contributed by atoms with Gasteiger partial charge in [-0.05, 0) is 67.1 Å². The molecule has 1 amide bonds. The summed E-state index contributed by atoms with van der Waals surface area (Å²) in [5.41, 5.74) is 6.02. The van der Waals surface area contributed by atoms with E-state index in [0.29, 0.717) is 29.7 Å². The van der Waals surface area contributed by atoms with Crippen molar-refractivity contribution < 1.29 is 4.79 Å². The number of nitrogens with zero attached hydrogens (tertiary/aromatic N) is 2. The molecule has 0 saturated carbocycles. The molecular weight excluding hydrogens is 414 g/mol. The number of carbonyl (C=O) groups excluding carboxylic acids is 1. The van der Waals surface area contributed by atoms with E-state index in [2.05, 4.69) is 45.1 Å². The molecule has 3 rings (SSSR count). The molecule has 0 saturated heterocycles. The van der Waals surface area contributed by atoms with Gasteiger partial charge in [0.2, 0.25) is 5.91 Å². The van der Waals surface area contributed by atoms with Crippen LogP contribution in [0.2, 0.25) is 5.02 Å². The van der Waals surface area contributed by atoms with Crippen LogP contribution in [0.4, 0.5) is 11.4 Å². The number of aliphatic imine (C=N–C) groups is 2. The van der Waals surface area contributed by atoms with E-state index in [9.17, 15) is 4.79 Å². The molecule has 1 aliphatic rings. The molecule has 30 heavy (non-hydrogen) atoms. The molecule has 0 aliphatic carbocycles. The Morgan fingerprint density at radius 2 is 1.73 bits per heavy atom. The molecule has 0 radical (unpaired) electrons. The van der Waals surface area contributed by atoms with Crippen molar-refractivity contribution >= 4 is 51.4 Å². The molecule has 1 N–H and O–H groups in total. The molecule has 2 aromatic rings. The Kier molecular flexibility index (Phi) is 7.73. The number of hydrogen-bond donors (Lipinski definition) is 1. The standard InChI is InChI=1S/C24H28ClN3OS/c1-15(2)9-10-26-23(29)14-30-24-13-20(18-5-7-19(25)8-6-18)27-21-11-16(3)17(4)12-22(21)28-24/h5-8,11-12,15H,9-10,13-14H2,1-4H3,(H,26,29). The zero-order valence-corrected chi connectivity index (χ0v) is 19.5. The average molecular weight is 442 g/mol. The Hall–Kier alpha value is -2.11. The van der Waals surface area contributed by atoms with Gasteiger partial charge < -0.3 is 5.32 Å². The van der Waals surface area contributed by atoms with Crippen molar-refractivity contribution in [2.45, 2.75) is 40.5 Å². The van der Waals surface area contributed by atoms with Gasteiger partial charge in [-0.15, -0.1) is 11.8 Å². The van der Waals surface area contributed by atoms with Gasteiger partial charge in [-0.2, -0.15) is 0 Å². The normalized spacial score (nSPS) is 13.4. The van der Waals surface area contributed by atoms with E-state index in [-0.39, 0.29) is 5.91 Å². The summed E-state index contributed by atoms with van der Waals surface area (Å²) in [7, 11) is 0. The molecule has 158 valence electrons. The maximum absolute atomic E-state index is 12.3. The van der Waals surface area contributed by atoms with Crippen LogP contribution in [0.15, 0.2) is 46.4 Å². The molecule has 0 fully saturated rings. The molecule has 0 spiro atoms. The van der Waals surface area contributed by atoms with Crippen molar-refractivity contribution in [3.05, 3.63) is 58.1 Å². The molecule has 4 nitrogen and oxygen atoms in total. The quantitative estimate of drug-likeness (QED) is 0.563. The highest BCUT2D eigenvalue weighted by Gasteiger charge is 2.17. The van der Waals surface area contributed by atoms with Gasteiger partial charge in [-0.3, -0.25) is 9.79 Å². The minimum absolute atomic E-state index is 0.0397. The van der Waals surface area contributed by atoms with Crippen LogP contribution in [0.25, 0.3) is 0 Å². The Morgan fingerprint density at radius 1 is 1.10 bits per heavy atom. The van der Waals surface area contributed by atoms with E-state index in [0.717, 1.165) is 34.1 Å². The van der Waals surface area contributed by atoms with Crippen molar-refractivity contribution in [2.24, 2.45) is 15.9 Å². The first kappa shape index (κ1) is 22.6. The van der Waals surface area contributed by atoms with E-state index in [1.54, 1.807) is 0 Å². The fourth-order valence-electron chi connectivity index (χ4n) is 3.06. The van der Waals surface area contributed by atoms with Crippen LogP contribution >= 0.6 is 23.4 Å². The molecule has 0 aromatic heterocycles. The maximum atomic E-state index is 12.3. The zero-order chi connectivity index (χ0) is 21.7. The second-order valence-electron chi connectivity index (χ2n) is 7.99. The van der Waals surface area contributed by atoms with Gasteiger partial charge in [0, 0.05) is 18.0 Å². The smallest absolute Gasteiger partial charge is 0.230 e. The first-order valence-electron chi connectivity index (χ1n) is 10.2. The highest BCUT2D eigenvalue weighted by atomic mass is 35.5. The maximum Gasteiger partial charge on any atom is 0.230 e. The summed E-state index contributed by atoms with van der Waals surface area (Å²) in [6.45, 7) is 9.18. The van der Waals surface area contributed by atoms with Crippen LogP contribution in [0.1, 0.15) is 43.4 Å². The van der Waals surface area contributed by atoms with Gasteiger partial charge in [0.15, 0.2) is 0 Å². The highest BCUT2D eigenvalue weighted by molar-refractivity contribution is 8.14. The number of fused-ring (bicyclic) bond motifs is 1. The summed E-state index contributed by atoms with van der Waals surface area (Å²) < 4.78 is 0. The van der Waals surface area contributed by atoms with Crippen molar-refractivity contribution in [1.82, 2.24) is 5.32 Å². The molecule has 1 aliphatic heterocycles. The van der Waals surface area contributed by atoms with Gasteiger partial charge in [0.25, 0.3) is 0 Å². The van der Waals surface area contributed by atoms with Gasteiger partial charge in [0.05, 0.1) is 27.9 Å². The zero-order valence-electron chi connectivity index (χ0n) is 18.0. The van der Waals surface area contributed by atoms with E-state index < -0.39 is 0 Å². The molecule has 0 bridgehead atoms. The number of thioether (sulfide) groups is 1. The number of rotatable bonds is 6. The van der Waals surface area contributed by atoms with Crippen molar-refractivity contribution in [1.29, 1.82) is 0 Å². The molecule has 0 unspecified atom stereocenters.